The summed E-state index contributed by atoms with van der Waals surface area (Å²) in [4.78, 5) is 10.9. The maximum atomic E-state index is 5.64. The van der Waals surface area contributed by atoms with E-state index in [1.807, 2.05) is 20.0 Å². The lowest BCUT2D eigenvalue weighted by atomic mass is 10.1. The highest BCUT2D eigenvalue weighted by atomic mass is 32.1. The predicted molar refractivity (Wildman–Crippen MR) is 101 cm³/mol. The Hall–Kier alpha value is -2.28. The molecule has 0 saturated carbocycles. The molecule has 25 heavy (non-hydrogen) atoms. The van der Waals surface area contributed by atoms with E-state index in [4.69, 9.17) is 9.47 Å². The summed E-state index contributed by atoms with van der Waals surface area (Å²) < 4.78 is 11.2. The van der Waals surface area contributed by atoms with Crippen molar-refractivity contribution in [3.8, 4) is 11.5 Å². The molecule has 0 amide bonds. The molecule has 1 aromatic carbocycles. The van der Waals surface area contributed by atoms with Gasteiger partial charge in [0, 0.05) is 26.0 Å². The molecule has 1 N–H and O–H groups in total. The van der Waals surface area contributed by atoms with Crippen LogP contribution >= 0.6 is 11.3 Å². The van der Waals surface area contributed by atoms with Gasteiger partial charge in [-0.15, -0.1) is 11.3 Å². The van der Waals surface area contributed by atoms with Gasteiger partial charge in [-0.05, 0) is 31.0 Å². The molecule has 1 aliphatic rings. The smallest absolute Gasteiger partial charge is 0.193 e. The van der Waals surface area contributed by atoms with Gasteiger partial charge >= 0.3 is 0 Å². The molecule has 0 atom stereocenters. The summed E-state index contributed by atoms with van der Waals surface area (Å²) in [7, 11) is 3.82. The van der Waals surface area contributed by atoms with Crippen LogP contribution in [0.2, 0.25) is 0 Å². The van der Waals surface area contributed by atoms with E-state index < -0.39 is 0 Å². The van der Waals surface area contributed by atoms with Crippen molar-refractivity contribution in [3.05, 3.63) is 39.8 Å². The molecule has 134 valence electrons. The van der Waals surface area contributed by atoms with Crippen LogP contribution in [-0.4, -0.2) is 49.7 Å². The SMILES string of the molecule is CN=C(NCCc1ccc2c(c1)OCCO2)N(C)Cc1csc(C)n1. The fourth-order valence-electron chi connectivity index (χ4n) is 2.75. The van der Waals surface area contributed by atoms with Gasteiger partial charge in [-0.1, -0.05) is 6.07 Å². The molecule has 0 spiro atoms. The molecule has 6 nitrogen and oxygen atoms in total. The van der Waals surface area contributed by atoms with Gasteiger partial charge in [0.25, 0.3) is 0 Å². The molecule has 0 radical (unpaired) electrons. The first-order valence-corrected chi connectivity index (χ1v) is 9.25. The molecule has 1 aromatic heterocycles. The van der Waals surface area contributed by atoms with Crippen LogP contribution in [0.15, 0.2) is 28.6 Å². The average Bonchev–Trinajstić information content (AvgIpc) is 3.03. The van der Waals surface area contributed by atoms with E-state index in [1.165, 1.54) is 5.56 Å². The molecule has 3 rings (SSSR count). The molecular formula is C18H24N4O2S. The second kappa shape index (κ2) is 8.20. The molecule has 0 fully saturated rings. The second-order valence-electron chi connectivity index (χ2n) is 5.92. The van der Waals surface area contributed by atoms with Gasteiger partial charge in [0.2, 0.25) is 0 Å². The van der Waals surface area contributed by atoms with Gasteiger partial charge < -0.3 is 19.7 Å². The zero-order valence-corrected chi connectivity index (χ0v) is 15.7. The van der Waals surface area contributed by atoms with Crippen molar-refractivity contribution in [1.29, 1.82) is 0 Å². The topological polar surface area (TPSA) is 59.0 Å². The second-order valence-corrected chi connectivity index (χ2v) is 6.98. The lowest BCUT2D eigenvalue weighted by molar-refractivity contribution is 0.171. The van der Waals surface area contributed by atoms with E-state index in [1.54, 1.807) is 18.4 Å². The van der Waals surface area contributed by atoms with E-state index in [2.05, 4.69) is 37.7 Å². The van der Waals surface area contributed by atoms with Crippen molar-refractivity contribution in [3.63, 3.8) is 0 Å². The van der Waals surface area contributed by atoms with Crippen LogP contribution in [0.4, 0.5) is 0 Å². The number of aryl methyl sites for hydroxylation is 1. The number of rotatable bonds is 5. The van der Waals surface area contributed by atoms with E-state index >= 15 is 0 Å². The third-order valence-corrected chi connectivity index (χ3v) is 4.76. The Balaban J connectivity index is 1.51. The van der Waals surface area contributed by atoms with Crippen molar-refractivity contribution in [2.45, 2.75) is 19.9 Å². The Morgan fingerprint density at radius 3 is 2.84 bits per heavy atom. The molecule has 0 unspecified atom stereocenters. The minimum absolute atomic E-state index is 0.613. The predicted octanol–water partition coefficient (Wildman–Crippen LogP) is 2.47. The first kappa shape index (κ1) is 17.5. The summed E-state index contributed by atoms with van der Waals surface area (Å²) in [5, 5.41) is 6.58. The lowest BCUT2D eigenvalue weighted by Crippen LogP contribution is -2.39. The number of fused-ring (bicyclic) bond motifs is 1. The van der Waals surface area contributed by atoms with Crippen molar-refractivity contribution in [2.24, 2.45) is 4.99 Å². The van der Waals surface area contributed by atoms with Crippen LogP contribution in [-0.2, 0) is 13.0 Å². The maximum Gasteiger partial charge on any atom is 0.193 e. The third kappa shape index (κ3) is 4.63. The van der Waals surface area contributed by atoms with Crippen LogP contribution in [0.3, 0.4) is 0 Å². The maximum absolute atomic E-state index is 5.64. The lowest BCUT2D eigenvalue weighted by Gasteiger charge is -2.21. The van der Waals surface area contributed by atoms with E-state index in [9.17, 15) is 0 Å². The zero-order chi connectivity index (χ0) is 17.6. The minimum atomic E-state index is 0.613. The summed E-state index contributed by atoms with van der Waals surface area (Å²) in [6.45, 7) is 4.80. The first-order valence-electron chi connectivity index (χ1n) is 8.37. The highest BCUT2D eigenvalue weighted by Crippen LogP contribution is 2.30. The standard InChI is InChI=1S/C18H24N4O2S/c1-13-21-15(12-25-13)11-22(3)18(19-2)20-7-6-14-4-5-16-17(10-14)24-9-8-23-16/h4-5,10,12H,6-9,11H2,1-3H3,(H,19,20). The van der Waals surface area contributed by atoms with Crippen LogP contribution < -0.4 is 14.8 Å². The number of ether oxygens (including phenoxy) is 2. The summed E-state index contributed by atoms with van der Waals surface area (Å²) >= 11 is 1.67. The highest BCUT2D eigenvalue weighted by Gasteiger charge is 2.12. The van der Waals surface area contributed by atoms with Crippen LogP contribution in [0.25, 0.3) is 0 Å². The summed E-state index contributed by atoms with van der Waals surface area (Å²) in [5.41, 5.74) is 2.28. The van der Waals surface area contributed by atoms with Crippen molar-refractivity contribution in [2.75, 3.05) is 33.9 Å². The van der Waals surface area contributed by atoms with Crippen molar-refractivity contribution < 1.29 is 9.47 Å². The van der Waals surface area contributed by atoms with Gasteiger partial charge in [-0.2, -0.15) is 0 Å². The van der Waals surface area contributed by atoms with E-state index in [0.717, 1.165) is 47.7 Å². The average molecular weight is 360 g/mol. The number of hydrogen-bond acceptors (Lipinski definition) is 5. The molecule has 0 aliphatic carbocycles. The van der Waals surface area contributed by atoms with E-state index in [-0.39, 0.29) is 0 Å². The first-order chi connectivity index (χ1) is 12.2. The number of aromatic nitrogens is 1. The third-order valence-electron chi connectivity index (χ3n) is 3.94. The molecule has 0 saturated heterocycles. The largest absolute Gasteiger partial charge is 0.486 e. The number of nitrogens with one attached hydrogen (secondary N) is 1. The Kier molecular flexibility index (Phi) is 5.75. The monoisotopic (exact) mass is 360 g/mol. The molecule has 7 heteroatoms. The van der Waals surface area contributed by atoms with Crippen molar-refractivity contribution >= 4 is 17.3 Å². The Bertz CT molecular complexity index is 744. The number of nitrogens with zero attached hydrogens (tertiary/aromatic N) is 3. The van der Waals surface area contributed by atoms with Crippen LogP contribution in [0, 0.1) is 6.92 Å². The van der Waals surface area contributed by atoms with Gasteiger partial charge in [0.1, 0.15) is 13.2 Å². The van der Waals surface area contributed by atoms with E-state index in [0.29, 0.717) is 13.2 Å². The fraction of sp³-hybridized carbons (Fsp3) is 0.444. The number of aliphatic imine (C=N–C) groups is 1. The Morgan fingerprint density at radius 2 is 2.12 bits per heavy atom. The molecule has 1 aliphatic heterocycles. The van der Waals surface area contributed by atoms with Gasteiger partial charge in [-0.25, -0.2) is 4.98 Å². The minimum Gasteiger partial charge on any atom is -0.486 e. The van der Waals surface area contributed by atoms with Gasteiger partial charge in [0.05, 0.1) is 17.2 Å². The normalized spacial score (nSPS) is 13.6. The van der Waals surface area contributed by atoms with Crippen molar-refractivity contribution in [1.82, 2.24) is 15.2 Å². The van der Waals surface area contributed by atoms with Crippen LogP contribution in [0.1, 0.15) is 16.3 Å². The number of hydrogen-bond donors (Lipinski definition) is 1. The van der Waals surface area contributed by atoms with Gasteiger partial charge in [-0.3, -0.25) is 4.99 Å². The Morgan fingerprint density at radius 1 is 1.32 bits per heavy atom. The quantitative estimate of drug-likeness (QED) is 0.656. The number of benzene rings is 1. The highest BCUT2D eigenvalue weighted by molar-refractivity contribution is 7.09. The molecule has 2 aromatic rings. The molecule has 0 bridgehead atoms. The summed E-state index contributed by atoms with van der Waals surface area (Å²) in [6, 6.07) is 6.12. The molecular weight excluding hydrogens is 336 g/mol. The molecule has 2 heterocycles. The summed E-state index contributed by atoms with van der Waals surface area (Å²) in [5.74, 6) is 2.53. The number of guanidine groups is 1. The van der Waals surface area contributed by atoms with Crippen LogP contribution in [0.5, 0.6) is 11.5 Å². The zero-order valence-electron chi connectivity index (χ0n) is 14.9. The number of thiazole rings is 1. The fourth-order valence-corrected chi connectivity index (χ4v) is 3.35. The van der Waals surface area contributed by atoms with Gasteiger partial charge in [0.15, 0.2) is 17.5 Å². The Labute approximate surface area is 152 Å². The summed E-state index contributed by atoms with van der Waals surface area (Å²) in [6.07, 6.45) is 0.888.